The van der Waals surface area contributed by atoms with Crippen molar-refractivity contribution in [2.24, 2.45) is 4.99 Å². The van der Waals surface area contributed by atoms with Gasteiger partial charge in [-0.25, -0.2) is 0 Å². The molecule has 0 atom stereocenters. The van der Waals surface area contributed by atoms with Crippen LogP contribution < -0.4 is 19.5 Å². The van der Waals surface area contributed by atoms with E-state index in [9.17, 15) is 0 Å². The predicted molar refractivity (Wildman–Crippen MR) is 113 cm³/mol. The first-order valence-corrected chi connectivity index (χ1v) is 8.13. The molecule has 6 nitrogen and oxygen atoms in total. The van der Waals surface area contributed by atoms with Crippen molar-refractivity contribution < 1.29 is 14.2 Å². The minimum atomic E-state index is 0. The molecule has 140 valence electrons. The van der Waals surface area contributed by atoms with Gasteiger partial charge in [-0.2, -0.15) is 0 Å². The lowest BCUT2D eigenvalue weighted by molar-refractivity contribution is 0.174. The fourth-order valence-electron chi connectivity index (χ4n) is 2.70. The summed E-state index contributed by atoms with van der Waals surface area (Å²) >= 11 is 0. The molecule has 2 aromatic rings. The van der Waals surface area contributed by atoms with Gasteiger partial charge in [0.1, 0.15) is 5.75 Å². The molecule has 0 spiro atoms. The number of nitrogens with one attached hydrogen (secondary N) is 1. The third kappa shape index (κ3) is 4.94. The molecule has 0 radical (unpaired) electrons. The summed E-state index contributed by atoms with van der Waals surface area (Å²) < 4.78 is 15.9. The molecule has 0 saturated carbocycles. The molecule has 2 aromatic carbocycles. The van der Waals surface area contributed by atoms with E-state index in [1.807, 2.05) is 37.4 Å². The second-order valence-corrected chi connectivity index (χ2v) is 5.79. The number of benzene rings is 2. The highest BCUT2D eigenvalue weighted by atomic mass is 127. The Morgan fingerprint density at radius 1 is 1.12 bits per heavy atom. The van der Waals surface area contributed by atoms with Crippen molar-refractivity contribution in [1.82, 2.24) is 10.2 Å². The van der Waals surface area contributed by atoms with E-state index in [0.717, 1.165) is 35.3 Å². The molecule has 1 aliphatic rings. The lowest BCUT2D eigenvalue weighted by Crippen LogP contribution is -2.38. The number of hydrogen-bond acceptors (Lipinski definition) is 4. The number of rotatable bonds is 5. The van der Waals surface area contributed by atoms with Crippen LogP contribution in [-0.2, 0) is 13.1 Å². The van der Waals surface area contributed by atoms with E-state index in [-0.39, 0.29) is 24.0 Å². The number of aliphatic imine (C=N–C) groups is 1. The van der Waals surface area contributed by atoms with Crippen LogP contribution in [0.5, 0.6) is 17.2 Å². The van der Waals surface area contributed by atoms with Crippen molar-refractivity contribution in [2.45, 2.75) is 13.1 Å². The summed E-state index contributed by atoms with van der Waals surface area (Å²) in [6.07, 6.45) is 0. The Balaban J connectivity index is 0.00000243. The molecule has 0 bridgehead atoms. The second kappa shape index (κ2) is 9.51. The molecule has 1 heterocycles. The highest BCUT2D eigenvalue weighted by Crippen LogP contribution is 2.32. The number of hydrogen-bond donors (Lipinski definition) is 1. The molecular formula is C19H24IN3O3. The van der Waals surface area contributed by atoms with Gasteiger partial charge in [0.15, 0.2) is 17.5 Å². The SMILES string of the molecule is CN=C(NCc1ccc2c(c1)OCO2)N(C)Cc1ccc(OC)cc1.I. The Bertz CT molecular complexity index is 750. The normalized spacial score (nSPS) is 12.3. The summed E-state index contributed by atoms with van der Waals surface area (Å²) in [6, 6.07) is 14.0. The number of methoxy groups -OCH3 is 1. The molecule has 0 aromatic heterocycles. The Hall–Kier alpha value is -2.16. The summed E-state index contributed by atoms with van der Waals surface area (Å²) in [5.41, 5.74) is 2.30. The van der Waals surface area contributed by atoms with Crippen molar-refractivity contribution in [2.75, 3.05) is 28.0 Å². The van der Waals surface area contributed by atoms with E-state index < -0.39 is 0 Å². The van der Waals surface area contributed by atoms with Crippen LogP contribution in [0.2, 0.25) is 0 Å². The Morgan fingerprint density at radius 2 is 1.81 bits per heavy atom. The number of ether oxygens (including phenoxy) is 3. The maximum atomic E-state index is 5.42. The van der Waals surface area contributed by atoms with Gasteiger partial charge < -0.3 is 24.4 Å². The third-order valence-corrected chi connectivity index (χ3v) is 4.04. The summed E-state index contributed by atoms with van der Waals surface area (Å²) in [5.74, 6) is 3.27. The summed E-state index contributed by atoms with van der Waals surface area (Å²) in [5, 5.41) is 3.37. The lowest BCUT2D eigenvalue weighted by Gasteiger charge is -2.22. The molecular weight excluding hydrogens is 445 g/mol. The number of halogens is 1. The molecule has 1 aliphatic heterocycles. The quantitative estimate of drug-likeness (QED) is 0.414. The monoisotopic (exact) mass is 469 g/mol. The summed E-state index contributed by atoms with van der Waals surface area (Å²) in [7, 11) is 5.47. The van der Waals surface area contributed by atoms with Crippen LogP contribution >= 0.6 is 24.0 Å². The third-order valence-electron chi connectivity index (χ3n) is 4.04. The fraction of sp³-hybridized carbons (Fsp3) is 0.316. The second-order valence-electron chi connectivity index (χ2n) is 5.79. The zero-order chi connectivity index (χ0) is 17.6. The van der Waals surface area contributed by atoms with Crippen LogP contribution in [0.3, 0.4) is 0 Å². The van der Waals surface area contributed by atoms with Gasteiger partial charge in [0.2, 0.25) is 6.79 Å². The van der Waals surface area contributed by atoms with Crippen molar-refractivity contribution >= 4 is 29.9 Å². The van der Waals surface area contributed by atoms with Crippen LogP contribution in [-0.4, -0.2) is 38.9 Å². The average molecular weight is 469 g/mol. The van der Waals surface area contributed by atoms with Gasteiger partial charge >= 0.3 is 0 Å². The van der Waals surface area contributed by atoms with Gasteiger partial charge in [-0.15, -0.1) is 24.0 Å². The van der Waals surface area contributed by atoms with E-state index in [4.69, 9.17) is 14.2 Å². The summed E-state index contributed by atoms with van der Waals surface area (Å²) in [6.45, 7) is 1.71. The topological polar surface area (TPSA) is 55.3 Å². The van der Waals surface area contributed by atoms with Crippen molar-refractivity contribution in [3.05, 3.63) is 53.6 Å². The van der Waals surface area contributed by atoms with Crippen LogP contribution in [0.25, 0.3) is 0 Å². The van der Waals surface area contributed by atoms with E-state index in [1.54, 1.807) is 14.2 Å². The van der Waals surface area contributed by atoms with E-state index in [0.29, 0.717) is 13.3 Å². The van der Waals surface area contributed by atoms with Crippen LogP contribution in [0.4, 0.5) is 0 Å². The maximum absolute atomic E-state index is 5.42. The van der Waals surface area contributed by atoms with E-state index in [2.05, 4.69) is 27.3 Å². The molecule has 0 amide bonds. The molecule has 0 aliphatic carbocycles. The smallest absolute Gasteiger partial charge is 0.231 e. The number of nitrogens with zero attached hydrogens (tertiary/aromatic N) is 2. The van der Waals surface area contributed by atoms with E-state index in [1.165, 1.54) is 5.56 Å². The van der Waals surface area contributed by atoms with Crippen LogP contribution in [0, 0.1) is 0 Å². The molecule has 0 unspecified atom stereocenters. The van der Waals surface area contributed by atoms with E-state index >= 15 is 0 Å². The standard InChI is InChI=1S/C19H23N3O3.HI/c1-20-19(22(2)12-14-4-7-16(23-3)8-5-14)21-11-15-6-9-17-18(10-15)25-13-24-17;/h4-10H,11-13H2,1-3H3,(H,20,21);1H. The molecule has 0 fully saturated rings. The number of guanidine groups is 1. The molecule has 0 saturated heterocycles. The maximum Gasteiger partial charge on any atom is 0.231 e. The van der Waals surface area contributed by atoms with Crippen LogP contribution in [0.1, 0.15) is 11.1 Å². The lowest BCUT2D eigenvalue weighted by atomic mass is 10.2. The van der Waals surface area contributed by atoms with Gasteiger partial charge in [-0.05, 0) is 35.4 Å². The van der Waals surface area contributed by atoms with Crippen molar-refractivity contribution in [1.29, 1.82) is 0 Å². The number of fused-ring (bicyclic) bond motifs is 1. The van der Waals surface area contributed by atoms with Gasteiger partial charge in [0, 0.05) is 27.2 Å². The van der Waals surface area contributed by atoms with Gasteiger partial charge in [0.25, 0.3) is 0 Å². The van der Waals surface area contributed by atoms with Crippen LogP contribution in [0.15, 0.2) is 47.5 Å². The molecule has 7 heteroatoms. The van der Waals surface area contributed by atoms with Gasteiger partial charge in [-0.3, -0.25) is 4.99 Å². The first-order chi connectivity index (χ1) is 12.2. The van der Waals surface area contributed by atoms with Gasteiger partial charge in [-0.1, -0.05) is 18.2 Å². The first-order valence-electron chi connectivity index (χ1n) is 8.13. The molecule has 1 N–H and O–H groups in total. The summed E-state index contributed by atoms with van der Waals surface area (Å²) in [4.78, 5) is 6.43. The fourth-order valence-corrected chi connectivity index (χ4v) is 2.70. The Kier molecular flexibility index (Phi) is 7.38. The minimum absolute atomic E-state index is 0. The first kappa shape index (κ1) is 20.2. The zero-order valence-corrected chi connectivity index (χ0v) is 17.5. The molecule has 3 rings (SSSR count). The zero-order valence-electron chi connectivity index (χ0n) is 15.2. The van der Waals surface area contributed by atoms with Crippen molar-refractivity contribution in [3.63, 3.8) is 0 Å². The Labute approximate surface area is 171 Å². The predicted octanol–water partition coefficient (Wildman–Crippen LogP) is 3.25. The highest BCUT2D eigenvalue weighted by Gasteiger charge is 2.13. The van der Waals surface area contributed by atoms with Crippen molar-refractivity contribution in [3.8, 4) is 17.2 Å². The van der Waals surface area contributed by atoms with Gasteiger partial charge in [0.05, 0.1) is 7.11 Å². The minimum Gasteiger partial charge on any atom is -0.497 e. The largest absolute Gasteiger partial charge is 0.497 e. The highest BCUT2D eigenvalue weighted by molar-refractivity contribution is 14.0. The molecule has 26 heavy (non-hydrogen) atoms. The average Bonchev–Trinajstić information content (AvgIpc) is 3.10. The Morgan fingerprint density at radius 3 is 2.50 bits per heavy atom.